The molecule has 0 bridgehead atoms. The number of carbonyl (C=O) groups is 1. The standard InChI is InChI=1S/C16H22O3/c1-2-19-16(18)11-12-7-9-13(10-8-12)14-5-3-4-6-15(14)17/h3-6,12-13,17H,2,7-11H2,1H3. The zero-order valence-corrected chi connectivity index (χ0v) is 11.5. The van der Waals surface area contributed by atoms with E-state index in [4.69, 9.17) is 4.74 Å². The summed E-state index contributed by atoms with van der Waals surface area (Å²) >= 11 is 0. The highest BCUT2D eigenvalue weighted by Gasteiger charge is 2.25. The second kappa shape index (κ2) is 6.60. The Labute approximate surface area is 114 Å². The summed E-state index contributed by atoms with van der Waals surface area (Å²) in [5.74, 6) is 1.20. The Morgan fingerprint density at radius 2 is 1.95 bits per heavy atom. The molecule has 0 aromatic heterocycles. The first-order valence-corrected chi connectivity index (χ1v) is 7.14. The fraction of sp³-hybridized carbons (Fsp3) is 0.562. The number of phenolic OH excluding ortho intramolecular Hbond substituents is 1. The van der Waals surface area contributed by atoms with E-state index in [-0.39, 0.29) is 5.97 Å². The van der Waals surface area contributed by atoms with Gasteiger partial charge in [-0.05, 0) is 56.1 Å². The number of hydrogen-bond acceptors (Lipinski definition) is 3. The first-order chi connectivity index (χ1) is 9.20. The first-order valence-electron chi connectivity index (χ1n) is 7.14. The van der Waals surface area contributed by atoms with E-state index >= 15 is 0 Å². The third-order valence-corrected chi connectivity index (χ3v) is 3.98. The minimum atomic E-state index is -0.0755. The second-order valence-electron chi connectivity index (χ2n) is 5.29. The molecular weight excluding hydrogens is 240 g/mol. The van der Waals surface area contributed by atoms with E-state index in [1.54, 1.807) is 6.07 Å². The van der Waals surface area contributed by atoms with E-state index in [2.05, 4.69) is 0 Å². The third kappa shape index (κ3) is 3.72. The quantitative estimate of drug-likeness (QED) is 0.843. The number of esters is 1. The molecule has 0 aliphatic heterocycles. The molecule has 104 valence electrons. The monoisotopic (exact) mass is 262 g/mol. The van der Waals surface area contributed by atoms with Crippen molar-refractivity contribution >= 4 is 5.97 Å². The van der Waals surface area contributed by atoms with Crippen LogP contribution in [-0.4, -0.2) is 17.7 Å². The van der Waals surface area contributed by atoms with Crippen LogP contribution < -0.4 is 0 Å². The van der Waals surface area contributed by atoms with Gasteiger partial charge < -0.3 is 9.84 Å². The van der Waals surface area contributed by atoms with Gasteiger partial charge >= 0.3 is 5.97 Å². The van der Waals surface area contributed by atoms with E-state index in [0.717, 1.165) is 31.2 Å². The Morgan fingerprint density at radius 3 is 2.58 bits per heavy atom. The molecule has 0 radical (unpaired) electrons. The van der Waals surface area contributed by atoms with Crippen LogP contribution in [0, 0.1) is 5.92 Å². The highest BCUT2D eigenvalue weighted by Crippen LogP contribution is 2.39. The van der Waals surface area contributed by atoms with Crippen molar-refractivity contribution in [2.75, 3.05) is 6.61 Å². The molecule has 0 spiro atoms. The van der Waals surface area contributed by atoms with Crippen molar-refractivity contribution in [2.45, 2.75) is 44.9 Å². The van der Waals surface area contributed by atoms with Gasteiger partial charge in [-0.1, -0.05) is 18.2 Å². The average molecular weight is 262 g/mol. The molecule has 1 saturated carbocycles. The van der Waals surface area contributed by atoms with Crippen LogP contribution in [0.5, 0.6) is 5.75 Å². The van der Waals surface area contributed by atoms with Gasteiger partial charge in [-0.25, -0.2) is 0 Å². The molecule has 0 saturated heterocycles. The lowest BCUT2D eigenvalue weighted by Gasteiger charge is -2.28. The number of aromatic hydroxyl groups is 1. The lowest BCUT2D eigenvalue weighted by molar-refractivity contribution is -0.144. The van der Waals surface area contributed by atoms with Gasteiger partial charge in [-0.3, -0.25) is 4.79 Å². The average Bonchev–Trinajstić information content (AvgIpc) is 2.41. The Hall–Kier alpha value is -1.51. The van der Waals surface area contributed by atoms with Gasteiger partial charge in [-0.15, -0.1) is 0 Å². The number of para-hydroxylation sites is 1. The maximum Gasteiger partial charge on any atom is 0.306 e. The maximum absolute atomic E-state index is 11.5. The number of ether oxygens (including phenoxy) is 1. The van der Waals surface area contributed by atoms with Crippen molar-refractivity contribution in [3.8, 4) is 5.75 Å². The molecular formula is C16H22O3. The minimum absolute atomic E-state index is 0.0755. The first kappa shape index (κ1) is 13.9. The maximum atomic E-state index is 11.5. The molecule has 19 heavy (non-hydrogen) atoms. The van der Waals surface area contributed by atoms with E-state index in [1.165, 1.54) is 0 Å². The fourth-order valence-electron chi connectivity index (χ4n) is 2.97. The fourth-order valence-corrected chi connectivity index (χ4v) is 2.97. The highest BCUT2D eigenvalue weighted by atomic mass is 16.5. The molecule has 0 amide bonds. The number of carbonyl (C=O) groups excluding carboxylic acids is 1. The minimum Gasteiger partial charge on any atom is -0.508 e. The molecule has 1 aliphatic rings. The van der Waals surface area contributed by atoms with Gasteiger partial charge in [0, 0.05) is 6.42 Å². The van der Waals surface area contributed by atoms with Crippen molar-refractivity contribution in [3.63, 3.8) is 0 Å². The van der Waals surface area contributed by atoms with E-state index in [0.29, 0.717) is 30.6 Å². The number of rotatable bonds is 4. The Bertz CT molecular complexity index is 420. The van der Waals surface area contributed by atoms with E-state index in [1.807, 2.05) is 25.1 Å². The summed E-state index contributed by atoms with van der Waals surface area (Å²) in [4.78, 5) is 11.5. The van der Waals surface area contributed by atoms with Crippen molar-refractivity contribution < 1.29 is 14.6 Å². The number of phenols is 1. The Kier molecular flexibility index (Phi) is 4.83. The molecule has 0 heterocycles. The predicted molar refractivity (Wildman–Crippen MR) is 74.1 cm³/mol. The van der Waals surface area contributed by atoms with Crippen LogP contribution in [0.25, 0.3) is 0 Å². The molecule has 0 atom stereocenters. The molecule has 1 fully saturated rings. The van der Waals surface area contributed by atoms with Crippen molar-refractivity contribution in [3.05, 3.63) is 29.8 Å². The van der Waals surface area contributed by atoms with Crippen LogP contribution >= 0.6 is 0 Å². The molecule has 1 aromatic carbocycles. The zero-order chi connectivity index (χ0) is 13.7. The molecule has 1 N–H and O–H groups in total. The smallest absolute Gasteiger partial charge is 0.306 e. The lowest BCUT2D eigenvalue weighted by Crippen LogP contribution is -2.17. The summed E-state index contributed by atoms with van der Waals surface area (Å²) < 4.78 is 5.00. The summed E-state index contributed by atoms with van der Waals surface area (Å²) in [6.45, 7) is 2.30. The largest absolute Gasteiger partial charge is 0.508 e. The van der Waals surface area contributed by atoms with Crippen molar-refractivity contribution in [1.29, 1.82) is 0 Å². The van der Waals surface area contributed by atoms with Crippen LogP contribution in [0.15, 0.2) is 24.3 Å². The summed E-state index contributed by atoms with van der Waals surface area (Å²) in [5, 5.41) is 9.87. The topological polar surface area (TPSA) is 46.5 Å². The Morgan fingerprint density at radius 1 is 1.26 bits per heavy atom. The zero-order valence-electron chi connectivity index (χ0n) is 11.5. The molecule has 1 aliphatic carbocycles. The summed E-state index contributed by atoms with van der Waals surface area (Å²) in [7, 11) is 0. The highest BCUT2D eigenvalue weighted by molar-refractivity contribution is 5.69. The van der Waals surface area contributed by atoms with Crippen LogP contribution in [0.4, 0.5) is 0 Å². The SMILES string of the molecule is CCOC(=O)CC1CCC(c2ccccc2O)CC1. The van der Waals surface area contributed by atoms with Crippen LogP contribution in [0.1, 0.15) is 50.5 Å². The molecule has 3 nitrogen and oxygen atoms in total. The normalized spacial score (nSPS) is 23.0. The Balaban J connectivity index is 1.86. The molecule has 3 heteroatoms. The van der Waals surface area contributed by atoms with Crippen molar-refractivity contribution in [2.24, 2.45) is 5.92 Å². The number of benzene rings is 1. The molecule has 2 rings (SSSR count). The lowest BCUT2D eigenvalue weighted by atomic mass is 9.77. The van der Waals surface area contributed by atoms with E-state index in [9.17, 15) is 9.90 Å². The van der Waals surface area contributed by atoms with Crippen LogP contribution in [-0.2, 0) is 9.53 Å². The van der Waals surface area contributed by atoms with Gasteiger partial charge in [0.2, 0.25) is 0 Å². The molecule has 1 aromatic rings. The van der Waals surface area contributed by atoms with Gasteiger partial charge in [0.1, 0.15) is 5.75 Å². The van der Waals surface area contributed by atoms with Gasteiger partial charge in [0.15, 0.2) is 0 Å². The number of hydrogen-bond donors (Lipinski definition) is 1. The summed E-state index contributed by atoms with van der Waals surface area (Å²) in [6.07, 6.45) is 4.71. The van der Waals surface area contributed by atoms with Gasteiger partial charge in [0.25, 0.3) is 0 Å². The third-order valence-electron chi connectivity index (χ3n) is 3.98. The van der Waals surface area contributed by atoms with E-state index < -0.39 is 0 Å². The second-order valence-corrected chi connectivity index (χ2v) is 5.29. The van der Waals surface area contributed by atoms with Gasteiger partial charge in [0.05, 0.1) is 6.61 Å². The van der Waals surface area contributed by atoms with Crippen LogP contribution in [0.2, 0.25) is 0 Å². The predicted octanol–water partition coefficient (Wildman–Crippen LogP) is 3.62. The summed E-state index contributed by atoms with van der Waals surface area (Å²) in [6, 6.07) is 7.58. The van der Waals surface area contributed by atoms with Crippen molar-refractivity contribution in [1.82, 2.24) is 0 Å². The molecule has 0 unspecified atom stereocenters. The summed E-state index contributed by atoms with van der Waals surface area (Å²) in [5.41, 5.74) is 1.05. The van der Waals surface area contributed by atoms with Crippen LogP contribution in [0.3, 0.4) is 0 Å². The van der Waals surface area contributed by atoms with Gasteiger partial charge in [-0.2, -0.15) is 0 Å².